The SMILES string of the molecule is CC[C@H](C)[C@@H]1NC(=O)CNC(=O)[C@H](CO)NC(=O)[C@H](CCCNC(=N)N)NC(=O)[C@H](CCCNC(=N)N)NC(=O)[C@H]([C@@H](C)CC)NC(=O)[C@H](CCCNC(=N)N)NC(=O)[C@@H]2CCCN2C(=O)[C@H](Cc2ccc(O)cc2)NC(=O)CSC[C@@H](C(N)=O)NC(=O)[C@H](Cc2c[nH]c3ccccc23)NC(=O)[C@H](CCCNC(=N)N)NC1=O. The Hall–Kier alpha value is -11.7. The maximum Gasteiger partial charge on any atom is 0.246 e. The van der Waals surface area contributed by atoms with Gasteiger partial charge in [0.1, 0.15) is 72.2 Å². The number of thioether (sulfide) groups is 1. The van der Waals surface area contributed by atoms with Crippen molar-refractivity contribution in [2.75, 3.05) is 57.4 Å². The molecule has 0 radical (unpaired) electrons. The zero-order valence-corrected chi connectivity index (χ0v) is 64.7. The molecule has 13 atom stereocenters. The van der Waals surface area contributed by atoms with Crippen LogP contribution in [0.3, 0.4) is 0 Å². The van der Waals surface area contributed by atoms with Crippen molar-refractivity contribution in [2.24, 2.45) is 40.5 Å². The molecule has 113 heavy (non-hydrogen) atoms. The Morgan fingerprint density at radius 3 is 1.47 bits per heavy atom. The third-order valence-corrected chi connectivity index (χ3v) is 20.1. The number of phenols is 1. The normalized spacial score (nSPS) is 23.6. The summed E-state index contributed by atoms with van der Waals surface area (Å²) in [5, 5.41) is 91.4. The van der Waals surface area contributed by atoms with Crippen LogP contribution in [0.5, 0.6) is 5.75 Å². The molecule has 0 aliphatic carbocycles. The molecule has 0 unspecified atom stereocenters. The third kappa shape index (κ3) is 30.8. The number of nitrogens with two attached hydrogens (primary N) is 5. The number of hydrogen-bond donors (Lipinski definition) is 27. The highest BCUT2D eigenvalue weighted by Crippen LogP contribution is 2.24. The topological polar surface area (TPSA) is 687 Å². The highest BCUT2D eigenvalue weighted by molar-refractivity contribution is 8.00. The number of nitrogens with zero attached hydrogens (tertiary/aromatic N) is 1. The van der Waals surface area contributed by atoms with Gasteiger partial charge in [0.05, 0.1) is 18.9 Å². The fourth-order valence-electron chi connectivity index (χ4n) is 12.4. The van der Waals surface area contributed by atoms with E-state index in [1.54, 1.807) is 58.2 Å². The lowest BCUT2D eigenvalue weighted by atomic mass is 9.96. The van der Waals surface area contributed by atoms with E-state index in [4.69, 9.17) is 50.3 Å². The second-order valence-electron chi connectivity index (χ2n) is 27.7. The minimum absolute atomic E-state index is 0.000353. The van der Waals surface area contributed by atoms with E-state index in [9.17, 15) is 67.7 Å². The number of aliphatic hydroxyl groups is 1. The van der Waals surface area contributed by atoms with Crippen LogP contribution in [0, 0.1) is 33.5 Å². The molecule has 2 aliphatic rings. The maximum absolute atomic E-state index is 15.0. The molecule has 2 aromatic carbocycles. The van der Waals surface area contributed by atoms with Crippen LogP contribution in [0.15, 0.2) is 54.7 Å². The van der Waals surface area contributed by atoms with Gasteiger partial charge in [0.25, 0.3) is 0 Å². The standard InChI is InChI=1S/C71H112N26O15S/c1-5-37(3)55-65(110)90-46(18-11-27-83-70(77)78)60(105)92-48(31-40-32-85-43-15-8-7-14-42(40)43)63(108)94-51(57(72)102)35-113-36-54(101)87-49(30-39-21-23-41(99)24-22-39)67(112)97-29-13-20-52(97)64(109)89-47(19-12-28-84-71(79)80)62(107)96-56(38(4)6-2)66(111)91-45(17-10-26-82-69(75)76)59(104)88-44(16-9-25-81-68(73)74)61(106)93-50(34-98)58(103)86-33-53(100)95-55/h7-8,14-15,21-24,32,37-38,44-52,55-56,85,98-99H,5-6,9-13,16-20,25-31,33-36H2,1-4H3,(H2,72,102)(H,86,103)(H,87,101)(H,88,104)(H,89,109)(H,90,110)(H,91,111)(H,92,105)(H,93,106)(H,94,108)(H,95,100)(H,96,107)(H4,73,74,81)(H4,75,76,82)(H4,77,78,83)(H4,79,80,84)/t37-,38-,44-,45-,46-,47-,48-,49-,50-,51-,52-,55-,56-/m0/s1. The number of carbonyl (C=O) groups excluding carboxylic acids is 13. The molecule has 622 valence electrons. The molecule has 0 spiro atoms. The lowest BCUT2D eigenvalue weighted by molar-refractivity contribution is -0.142. The monoisotopic (exact) mass is 1600 g/mol. The lowest BCUT2D eigenvalue weighted by Gasteiger charge is -2.31. The number of amides is 13. The number of phenolic OH excluding ortho intramolecular Hbond substituents is 1. The van der Waals surface area contributed by atoms with Gasteiger partial charge in [0.15, 0.2) is 23.8 Å². The first-order valence-electron chi connectivity index (χ1n) is 37.5. The minimum Gasteiger partial charge on any atom is -0.508 e. The zero-order chi connectivity index (χ0) is 83.4. The predicted molar refractivity (Wildman–Crippen MR) is 420 cm³/mol. The van der Waals surface area contributed by atoms with Crippen LogP contribution in [0.25, 0.3) is 10.9 Å². The number of aromatic hydroxyl groups is 1. The first-order chi connectivity index (χ1) is 53.7. The maximum atomic E-state index is 15.0. The lowest BCUT2D eigenvalue weighted by Crippen LogP contribution is -2.61. The van der Waals surface area contributed by atoms with Gasteiger partial charge in [-0.2, -0.15) is 0 Å². The number of benzene rings is 2. The Kier molecular flexibility index (Phi) is 38.1. The summed E-state index contributed by atoms with van der Waals surface area (Å²) in [5.74, 6) is -15.9. The van der Waals surface area contributed by atoms with Crippen LogP contribution in [0.1, 0.15) is 116 Å². The van der Waals surface area contributed by atoms with Gasteiger partial charge >= 0.3 is 0 Å². The molecule has 2 fully saturated rings. The van der Waals surface area contributed by atoms with Crippen molar-refractivity contribution in [3.8, 4) is 5.75 Å². The largest absolute Gasteiger partial charge is 0.508 e. The summed E-state index contributed by atoms with van der Waals surface area (Å²) in [6.45, 7) is 4.81. The number of aliphatic hydroxyl groups excluding tert-OH is 1. The van der Waals surface area contributed by atoms with E-state index in [1.165, 1.54) is 29.2 Å². The molecule has 5 rings (SSSR count). The highest BCUT2D eigenvalue weighted by atomic mass is 32.2. The number of guanidine groups is 4. The molecule has 32 N–H and O–H groups in total. The Bertz CT molecular complexity index is 3830. The number of carbonyl (C=O) groups is 13. The van der Waals surface area contributed by atoms with Crippen LogP contribution in [-0.2, 0) is 75.2 Å². The average molecular weight is 1600 g/mol. The molecule has 1 aromatic heterocycles. The van der Waals surface area contributed by atoms with E-state index in [0.29, 0.717) is 22.0 Å². The summed E-state index contributed by atoms with van der Waals surface area (Å²) in [4.78, 5) is 192. The summed E-state index contributed by atoms with van der Waals surface area (Å²) < 4.78 is 0. The van der Waals surface area contributed by atoms with Gasteiger partial charge in [0.2, 0.25) is 76.8 Å². The number of nitrogens with one attached hydrogen (secondary N) is 20. The van der Waals surface area contributed by atoms with Crippen molar-refractivity contribution >= 4 is 123 Å². The predicted octanol–water partition coefficient (Wildman–Crippen LogP) is -6.02. The zero-order valence-electron chi connectivity index (χ0n) is 63.9. The molecule has 3 heterocycles. The molecule has 2 saturated heterocycles. The Labute approximate surface area is 657 Å². The first-order valence-corrected chi connectivity index (χ1v) is 38.6. The third-order valence-electron chi connectivity index (χ3n) is 19.1. The van der Waals surface area contributed by atoms with Crippen LogP contribution < -0.4 is 108 Å². The van der Waals surface area contributed by atoms with Crippen LogP contribution in [0.2, 0.25) is 0 Å². The first kappa shape index (κ1) is 91.9. The van der Waals surface area contributed by atoms with Gasteiger partial charge in [-0.1, -0.05) is 70.9 Å². The van der Waals surface area contributed by atoms with Gasteiger partial charge in [-0.15, -0.1) is 11.8 Å². The Morgan fingerprint density at radius 1 is 0.531 bits per heavy atom. The van der Waals surface area contributed by atoms with Crippen LogP contribution in [-0.4, -0.2) is 245 Å². The van der Waals surface area contributed by atoms with E-state index in [1.807, 2.05) is 0 Å². The van der Waals surface area contributed by atoms with Crippen molar-refractivity contribution in [1.29, 1.82) is 21.6 Å². The second-order valence-corrected chi connectivity index (χ2v) is 28.8. The van der Waals surface area contributed by atoms with Gasteiger partial charge < -0.3 is 129 Å². The summed E-state index contributed by atoms with van der Waals surface area (Å²) in [5.41, 5.74) is 29.8. The van der Waals surface area contributed by atoms with E-state index >= 15 is 4.79 Å². The average Bonchev–Trinajstić information content (AvgIpc) is 1.72. The fourth-order valence-corrected chi connectivity index (χ4v) is 13.3. The molecule has 0 saturated carbocycles. The number of hydrogen-bond acceptors (Lipinski definition) is 20. The molecular formula is C71H112N26O15S. The number of aromatic nitrogens is 1. The van der Waals surface area contributed by atoms with E-state index in [0.717, 1.165) is 11.8 Å². The molecule has 0 bridgehead atoms. The minimum atomic E-state index is -1.81. The van der Waals surface area contributed by atoms with Crippen molar-refractivity contribution in [3.05, 3.63) is 65.9 Å². The van der Waals surface area contributed by atoms with E-state index < -0.39 is 198 Å². The molecule has 41 nitrogen and oxygen atoms in total. The number of primary amides is 1. The summed E-state index contributed by atoms with van der Waals surface area (Å²) in [7, 11) is 0. The number of rotatable bonds is 26. The summed E-state index contributed by atoms with van der Waals surface area (Å²) >= 11 is 0.838. The summed E-state index contributed by atoms with van der Waals surface area (Å²) in [6.07, 6.45) is 1.62. The number of H-pyrrole nitrogens is 1. The van der Waals surface area contributed by atoms with Gasteiger partial charge in [-0.25, -0.2) is 0 Å². The van der Waals surface area contributed by atoms with E-state index in [2.05, 4.69) is 84.7 Å². The van der Waals surface area contributed by atoms with Crippen molar-refractivity contribution in [3.63, 3.8) is 0 Å². The molecule has 13 amide bonds. The number of aromatic amines is 1. The van der Waals surface area contributed by atoms with Crippen LogP contribution in [0.4, 0.5) is 0 Å². The summed E-state index contributed by atoms with van der Waals surface area (Å²) in [6, 6.07) is -3.56. The smallest absolute Gasteiger partial charge is 0.246 e. The fraction of sp³-hybridized carbons (Fsp3) is 0.563. The van der Waals surface area contributed by atoms with Crippen LogP contribution >= 0.6 is 11.8 Å². The number of fused-ring (bicyclic) bond motifs is 2. The van der Waals surface area contributed by atoms with E-state index in [-0.39, 0.29) is 134 Å². The molecule has 3 aromatic rings. The highest BCUT2D eigenvalue weighted by Gasteiger charge is 2.41. The van der Waals surface area contributed by atoms with Crippen molar-refractivity contribution in [2.45, 2.75) is 184 Å². The Balaban J connectivity index is 1.60. The van der Waals surface area contributed by atoms with Gasteiger partial charge in [-0.05, 0) is 105 Å². The van der Waals surface area contributed by atoms with Gasteiger partial charge in [0, 0.05) is 68.4 Å². The van der Waals surface area contributed by atoms with Crippen molar-refractivity contribution < 1.29 is 72.5 Å². The molecule has 42 heteroatoms. The van der Waals surface area contributed by atoms with Crippen molar-refractivity contribution in [1.82, 2.24) is 89.6 Å². The van der Waals surface area contributed by atoms with Gasteiger partial charge in [-0.3, -0.25) is 84.0 Å². The molecular weight excluding hydrogens is 1490 g/mol. The Morgan fingerprint density at radius 2 is 0.982 bits per heavy atom. The second kappa shape index (κ2) is 46.8. The molecule has 2 aliphatic heterocycles. The number of para-hydroxylation sites is 1. The quantitative estimate of drug-likeness (QED) is 0.0202.